The van der Waals surface area contributed by atoms with Gasteiger partial charge in [-0.05, 0) is 60.2 Å². The molecule has 1 aromatic heterocycles. The Kier molecular flexibility index (Phi) is 5.48. The molecule has 30 heavy (non-hydrogen) atoms. The predicted molar refractivity (Wildman–Crippen MR) is 121 cm³/mol. The van der Waals surface area contributed by atoms with Gasteiger partial charge in [0.25, 0.3) is 5.91 Å². The van der Waals surface area contributed by atoms with Crippen LogP contribution in [0.3, 0.4) is 0 Å². The second kappa shape index (κ2) is 8.53. The van der Waals surface area contributed by atoms with Crippen LogP contribution in [-0.4, -0.2) is 18.0 Å². The van der Waals surface area contributed by atoms with Crippen molar-refractivity contribution >= 4 is 34.0 Å². The van der Waals surface area contributed by atoms with Gasteiger partial charge in [-0.1, -0.05) is 24.3 Å². The number of nitrogens with zero attached hydrogens (tertiary/aromatic N) is 1. The predicted octanol–water partition coefficient (Wildman–Crippen LogP) is 4.69. The Labute approximate surface area is 174 Å². The third kappa shape index (κ3) is 4.33. The maximum atomic E-state index is 12.6. The summed E-state index contributed by atoms with van der Waals surface area (Å²) >= 11 is 0. The van der Waals surface area contributed by atoms with Gasteiger partial charge in [-0.25, -0.2) is 4.98 Å². The van der Waals surface area contributed by atoms with Crippen LogP contribution in [0.4, 0.5) is 17.2 Å². The molecule has 6 nitrogen and oxygen atoms in total. The van der Waals surface area contributed by atoms with Gasteiger partial charge in [0, 0.05) is 17.5 Å². The van der Waals surface area contributed by atoms with Crippen LogP contribution in [0, 0.1) is 0 Å². The van der Waals surface area contributed by atoms with E-state index in [1.165, 1.54) is 0 Å². The van der Waals surface area contributed by atoms with E-state index in [1.807, 2.05) is 60.7 Å². The summed E-state index contributed by atoms with van der Waals surface area (Å²) in [6.45, 7) is 0.654. The number of ether oxygens (including phenoxy) is 1. The lowest BCUT2D eigenvalue weighted by Crippen LogP contribution is -2.13. The minimum atomic E-state index is -0.212. The molecule has 0 bridgehead atoms. The number of hydrogen-bond donors (Lipinski definition) is 3. The molecule has 0 fully saturated rings. The van der Waals surface area contributed by atoms with Crippen LogP contribution in [0.25, 0.3) is 10.9 Å². The molecule has 150 valence electrons. The molecule has 4 rings (SSSR count). The van der Waals surface area contributed by atoms with Crippen molar-refractivity contribution in [2.24, 2.45) is 0 Å². The smallest absolute Gasteiger partial charge is 0.255 e. The van der Waals surface area contributed by atoms with E-state index in [1.54, 1.807) is 25.3 Å². The molecule has 3 aromatic carbocycles. The van der Waals surface area contributed by atoms with Crippen molar-refractivity contribution in [1.29, 1.82) is 0 Å². The van der Waals surface area contributed by atoms with Gasteiger partial charge in [0.05, 0.1) is 24.0 Å². The molecular formula is C24H22N4O2. The number of methoxy groups -OCH3 is 1. The molecule has 0 radical (unpaired) electrons. The molecule has 4 aromatic rings. The second-order valence-electron chi connectivity index (χ2n) is 6.85. The molecule has 6 heteroatoms. The molecular weight excluding hydrogens is 376 g/mol. The van der Waals surface area contributed by atoms with Crippen LogP contribution in [0.15, 0.2) is 78.9 Å². The van der Waals surface area contributed by atoms with Crippen molar-refractivity contribution in [2.75, 3.05) is 23.5 Å². The Morgan fingerprint density at radius 3 is 2.57 bits per heavy atom. The minimum Gasteiger partial charge on any atom is -0.497 e. The first-order valence-corrected chi connectivity index (χ1v) is 9.56. The van der Waals surface area contributed by atoms with E-state index < -0.39 is 0 Å². The van der Waals surface area contributed by atoms with Crippen molar-refractivity contribution in [3.63, 3.8) is 0 Å². The molecule has 0 unspecified atom stereocenters. The lowest BCUT2D eigenvalue weighted by molar-refractivity contribution is 0.102. The van der Waals surface area contributed by atoms with Gasteiger partial charge < -0.3 is 21.1 Å². The van der Waals surface area contributed by atoms with E-state index in [4.69, 9.17) is 10.5 Å². The molecule has 4 N–H and O–H groups in total. The Hall–Kier alpha value is -4.06. The van der Waals surface area contributed by atoms with Crippen LogP contribution in [0.5, 0.6) is 5.75 Å². The highest BCUT2D eigenvalue weighted by Gasteiger charge is 2.09. The van der Waals surface area contributed by atoms with Gasteiger partial charge in [0.15, 0.2) is 0 Å². The topological polar surface area (TPSA) is 89.3 Å². The summed E-state index contributed by atoms with van der Waals surface area (Å²) in [5.41, 5.74) is 9.51. The highest BCUT2D eigenvalue weighted by atomic mass is 16.5. The average Bonchev–Trinajstić information content (AvgIpc) is 2.79. The van der Waals surface area contributed by atoms with Gasteiger partial charge in [0.1, 0.15) is 11.6 Å². The fraction of sp³-hybridized carbons (Fsp3) is 0.0833. The zero-order valence-electron chi connectivity index (χ0n) is 16.6. The summed E-state index contributed by atoms with van der Waals surface area (Å²) in [5.74, 6) is 1.39. The van der Waals surface area contributed by atoms with Crippen molar-refractivity contribution in [3.8, 4) is 5.75 Å². The Morgan fingerprint density at radius 1 is 1.00 bits per heavy atom. The monoisotopic (exact) mass is 398 g/mol. The number of rotatable bonds is 6. The fourth-order valence-corrected chi connectivity index (χ4v) is 3.11. The molecule has 0 atom stereocenters. The average molecular weight is 398 g/mol. The number of benzene rings is 3. The van der Waals surface area contributed by atoms with E-state index in [0.29, 0.717) is 23.5 Å². The number of nitrogens with two attached hydrogens (primary N) is 1. The van der Waals surface area contributed by atoms with Crippen LogP contribution in [-0.2, 0) is 6.54 Å². The first kappa shape index (κ1) is 19.3. The highest BCUT2D eigenvalue weighted by molar-refractivity contribution is 6.07. The zero-order chi connectivity index (χ0) is 20.9. The standard InChI is InChI=1S/C24H22N4O2/c1-30-19-10-6-16(7-11-19)15-26-23-13-9-17-14-18(8-12-21(17)27-23)24(29)28-22-5-3-2-4-20(22)25/h2-14H,15,25H2,1H3,(H,26,27)(H,28,29). The quantitative estimate of drug-likeness (QED) is 0.410. The van der Waals surface area contributed by atoms with Gasteiger partial charge in [-0.3, -0.25) is 4.79 Å². The van der Waals surface area contributed by atoms with Crippen LogP contribution in [0.2, 0.25) is 0 Å². The first-order valence-electron chi connectivity index (χ1n) is 9.56. The minimum absolute atomic E-state index is 0.212. The maximum Gasteiger partial charge on any atom is 0.255 e. The van der Waals surface area contributed by atoms with Crippen LogP contribution in [0.1, 0.15) is 15.9 Å². The summed E-state index contributed by atoms with van der Waals surface area (Å²) in [6.07, 6.45) is 0. The van der Waals surface area contributed by atoms with E-state index >= 15 is 0 Å². The summed E-state index contributed by atoms with van der Waals surface area (Å²) in [6, 6.07) is 24.4. The van der Waals surface area contributed by atoms with Crippen molar-refractivity contribution in [2.45, 2.75) is 6.54 Å². The fourth-order valence-electron chi connectivity index (χ4n) is 3.11. The Balaban J connectivity index is 1.46. The lowest BCUT2D eigenvalue weighted by Gasteiger charge is -2.10. The molecule has 0 saturated carbocycles. The number of aromatic nitrogens is 1. The zero-order valence-corrected chi connectivity index (χ0v) is 16.6. The number of amides is 1. The van der Waals surface area contributed by atoms with Crippen LogP contribution >= 0.6 is 0 Å². The summed E-state index contributed by atoms with van der Waals surface area (Å²) in [5, 5.41) is 7.05. The molecule has 0 aliphatic heterocycles. The lowest BCUT2D eigenvalue weighted by atomic mass is 10.1. The second-order valence-corrected chi connectivity index (χ2v) is 6.85. The van der Waals surface area contributed by atoms with E-state index in [9.17, 15) is 4.79 Å². The number of para-hydroxylation sites is 2. The number of anilines is 3. The number of carbonyl (C=O) groups excluding carboxylic acids is 1. The number of nitrogens with one attached hydrogen (secondary N) is 2. The largest absolute Gasteiger partial charge is 0.497 e. The van der Waals surface area contributed by atoms with Gasteiger partial charge in [-0.2, -0.15) is 0 Å². The summed E-state index contributed by atoms with van der Waals surface area (Å²) in [7, 11) is 1.65. The first-order chi connectivity index (χ1) is 14.6. The number of nitrogen functional groups attached to an aromatic ring is 1. The highest BCUT2D eigenvalue weighted by Crippen LogP contribution is 2.21. The van der Waals surface area contributed by atoms with Gasteiger partial charge in [0.2, 0.25) is 0 Å². The number of pyridine rings is 1. The van der Waals surface area contributed by atoms with Gasteiger partial charge >= 0.3 is 0 Å². The third-order valence-corrected chi connectivity index (χ3v) is 4.79. The summed E-state index contributed by atoms with van der Waals surface area (Å²) < 4.78 is 5.18. The van der Waals surface area contributed by atoms with Crippen molar-refractivity contribution in [1.82, 2.24) is 4.98 Å². The van der Waals surface area contributed by atoms with Crippen LogP contribution < -0.4 is 21.1 Å². The maximum absolute atomic E-state index is 12.6. The van der Waals surface area contributed by atoms with E-state index in [2.05, 4.69) is 15.6 Å². The summed E-state index contributed by atoms with van der Waals surface area (Å²) in [4.78, 5) is 17.2. The third-order valence-electron chi connectivity index (χ3n) is 4.79. The SMILES string of the molecule is COc1ccc(CNc2ccc3cc(C(=O)Nc4ccccc4N)ccc3n2)cc1. The number of carbonyl (C=O) groups is 1. The Bertz CT molecular complexity index is 1190. The Morgan fingerprint density at radius 2 is 1.80 bits per heavy atom. The molecule has 0 saturated heterocycles. The van der Waals surface area contributed by atoms with E-state index in [-0.39, 0.29) is 5.91 Å². The normalized spacial score (nSPS) is 10.6. The van der Waals surface area contributed by atoms with Crippen molar-refractivity contribution in [3.05, 3.63) is 90.0 Å². The van der Waals surface area contributed by atoms with E-state index in [0.717, 1.165) is 28.0 Å². The molecule has 0 spiro atoms. The molecule has 1 amide bonds. The molecule has 0 aliphatic rings. The number of hydrogen-bond acceptors (Lipinski definition) is 5. The van der Waals surface area contributed by atoms with Gasteiger partial charge in [-0.15, -0.1) is 0 Å². The molecule has 0 aliphatic carbocycles. The molecule has 1 heterocycles. The number of fused-ring (bicyclic) bond motifs is 1. The van der Waals surface area contributed by atoms with Crippen molar-refractivity contribution < 1.29 is 9.53 Å².